The summed E-state index contributed by atoms with van der Waals surface area (Å²) >= 11 is 1.78. The van der Waals surface area contributed by atoms with Gasteiger partial charge in [-0.2, -0.15) is 0 Å². The van der Waals surface area contributed by atoms with Crippen LogP contribution in [0.2, 0.25) is 0 Å². The summed E-state index contributed by atoms with van der Waals surface area (Å²) in [6.07, 6.45) is 4.26. The van der Waals surface area contributed by atoms with E-state index in [1.807, 2.05) is 19.1 Å². The summed E-state index contributed by atoms with van der Waals surface area (Å²) in [6, 6.07) is 8.15. The lowest BCUT2D eigenvalue weighted by Crippen LogP contribution is -2.41. The van der Waals surface area contributed by atoms with Gasteiger partial charge in [0.1, 0.15) is 5.76 Å². The molecule has 1 aliphatic heterocycles. The van der Waals surface area contributed by atoms with Crippen LogP contribution in [0.15, 0.2) is 45.3 Å². The second-order valence-corrected chi connectivity index (χ2v) is 7.56. The Labute approximate surface area is 153 Å². The molecule has 2 aromatic heterocycles. The Morgan fingerprint density at radius 2 is 2.36 bits per heavy atom. The molecule has 2 aromatic rings. The molecule has 0 radical (unpaired) electrons. The molecule has 6 heteroatoms. The van der Waals surface area contributed by atoms with E-state index in [1.165, 1.54) is 4.88 Å². The van der Waals surface area contributed by atoms with Gasteiger partial charge in [-0.25, -0.2) is 0 Å². The molecule has 2 unspecified atom stereocenters. The van der Waals surface area contributed by atoms with E-state index in [0.29, 0.717) is 5.92 Å². The van der Waals surface area contributed by atoms with Gasteiger partial charge < -0.3 is 19.7 Å². The fourth-order valence-electron chi connectivity index (χ4n) is 3.12. The van der Waals surface area contributed by atoms with Crippen molar-refractivity contribution in [1.29, 1.82) is 0 Å². The van der Waals surface area contributed by atoms with Crippen molar-refractivity contribution in [2.45, 2.75) is 32.3 Å². The van der Waals surface area contributed by atoms with E-state index >= 15 is 0 Å². The highest BCUT2D eigenvalue weighted by atomic mass is 32.1. The van der Waals surface area contributed by atoms with E-state index in [0.717, 1.165) is 57.2 Å². The average molecular weight is 362 g/mol. The zero-order valence-corrected chi connectivity index (χ0v) is 15.5. The van der Waals surface area contributed by atoms with Gasteiger partial charge in [-0.05, 0) is 36.9 Å². The smallest absolute Gasteiger partial charge is 0.193 e. The predicted molar refractivity (Wildman–Crippen MR) is 102 cm³/mol. The van der Waals surface area contributed by atoms with Gasteiger partial charge in [0.2, 0.25) is 0 Å². The number of guanidine groups is 1. The highest BCUT2D eigenvalue weighted by molar-refractivity contribution is 7.09. The van der Waals surface area contributed by atoms with Crippen molar-refractivity contribution in [3.63, 3.8) is 0 Å². The molecular formula is C19H27N3O2S. The lowest BCUT2D eigenvalue weighted by Gasteiger charge is -2.22. The van der Waals surface area contributed by atoms with Crippen molar-refractivity contribution in [1.82, 2.24) is 10.2 Å². The van der Waals surface area contributed by atoms with Crippen LogP contribution in [-0.2, 0) is 12.8 Å². The summed E-state index contributed by atoms with van der Waals surface area (Å²) in [5.41, 5.74) is 0. The van der Waals surface area contributed by atoms with Crippen LogP contribution in [0.5, 0.6) is 0 Å². The van der Waals surface area contributed by atoms with Gasteiger partial charge >= 0.3 is 0 Å². The molecule has 5 nitrogen and oxygen atoms in total. The Hall–Kier alpha value is -1.79. The molecule has 25 heavy (non-hydrogen) atoms. The summed E-state index contributed by atoms with van der Waals surface area (Å²) in [4.78, 5) is 8.45. The highest BCUT2D eigenvalue weighted by Gasteiger charge is 2.27. The molecule has 3 rings (SSSR count). The molecule has 2 N–H and O–H groups in total. The van der Waals surface area contributed by atoms with E-state index in [1.54, 1.807) is 17.6 Å². The maximum atomic E-state index is 9.86. The fraction of sp³-hybridized carbons (Fsp3) is 0.526. The van der Waals surface area contributed by atoms with Gasteiger partial charge in [-0.1, -0.05) is 6.07 Å². The largest absolute Gasteiger partial charge is 0.469 e. The Bertz CT molecular complexity index is 638. The molecule has 1 saturated heterocycles. The lowest BCUT2D eigenvalue weighted by molar-refractivity contribution is 0.132. The zero-order chi connectivity index (χ0) is 17.5. The number of furan rings is 1. The maximum Gasteiger partial charge on any atom is 0.193 e. The standard InChI is InChI=1S/C19H27N3O2S/c1-15(23)16-8-11-22(14-16)19(20-9-6-17-4-2-12-24-17)21-10-7-18-5-3-13-25-18/h2-5,12-13,15-16,23H,6-11,14H2,1H3,(H,20,21). The summed E-state index contributed by atoms with van der Waals surface area (Å²) in [6.45, 7) is 5.26. The van der Waals surface area contributed by atoms with Crippen molar-refractivity contribution in [3.8, 4) is 0 Å². The number of thiophene rings is 1. The second kappa shape index (κ2) is 9.06. The van der Waals surface area contributed by atoms with E-state index in [-0.39, 0.29) is 6.10 Å². The molecule has 3 heterocycles. The molecule has 1 aliphatic rings. The van der Waals surface area contributed by atoms with Crippen LogP contribution in [-0.4, -0.2) is 48.2 Å². The van der Waals surface area contributed by atoms with Crippen molar-refractivity contribution in [2.75, 3.05) is 26.2 Å². The summed E-state index contributed by atoms with van der Waals surface area (Å²) < 4.78 is 5.39. The Morgan fingerprint density at radius 3 is 3.04 bits per heavy atom. The molecule has 2 atom stereocenters. The van der Waals surface area contributed by atoms with Crippen LogP contribution in [0.4, 0.5) is 0 Å². The third-order valence-electron chi connectivity index (χ3n) is 4.64. The van der Waals surface area contributed by atoms with Gasteiger partial charge in [0.15, 0.2) is 5.96 Å². The third kappa shape index (κ3) is 5.34. The topological polar surface area (TPSA) is 61.0 Å². The number of rotatable bonds is 7. The molecule has 0 aliphatic carbocycles. The van der Waals surface area contributed by atoms with Crippen LogP contribution in [0.1, 0.15) is 24.0 Å². The van der Waals surface area contributed by atoms with Crippen molar-refractivity contribution < 1.29 is 9.52 Å². The van der Waals surface area contributed by atoms with Gasteiger partial charge in [0.25, 0.3) is 0 Å². The summed E-state index contributed by atoms with van der Waals surface area (Å²) in [7, 11) is 0. The first-order valence-corrected chi connectivity index (χ1v) is 9.86. The van der Waals surface area contributed by atoms with Crippen LogP contribution in [0.3, 0.4) is 0 Å². The SMILES string of the molecule is CC(O)C1CCN(C(=NCCc2cccs2)NCCc2ccco2)C1. The van der Waals surface area contributed by atoms with Gasteiger partial charge in [-0.3, -0.25) is 4.99 Å². The predicted octanol–water partition coefficient (Wildman–Crippen LogP) is 2.77. The molecule has 1 fully saturated rings. The lowest BCUT2D eigenvalue weighted by atomic mass is 10.0. The number of hydrogen-bond acceptors (Lipinski definition) is 4. The molecule has 136 valence electrons. The van der Waals surface area contributed by atoms with Crippen LogP contribution < -0.4 is 5.32 Å². The molecule has 0 aromatic carbocycles. The average Bonchev–Trinajstić information content (AvgIpc) is 3.35. The van der Waals surface area contributed by atoms with Crippen molar-refractivity contribution >= 4 is 17.3 Å². The zero-order valence-electron chi connectivity index (χ0n) is 14.7. The normalized spacial score (nSPS) is 19.4. The molecule has 0 amide bonds. The first-order chi connectivity index (χ1) is 12.2. The number of aliphatic hydroxyl groups excluding tert-OH is 1. The minimum absolute atomic E-state index is 0.263. The minimum atomic E-state index is -0.263. The first kappa shape index (κ1) is 18.0. The Morgan fingerprint density at radius 1 is 1.44 bits per heavy atom. The monoisotopic (exact) mass is 361 g/mol. The third-order valence-corrected chi connectivity index (χ3v) is 5.58. The van der Waals surface area contributed by atoms with E-state index in [2.05, 4.69) is 27.7 Å². The molecule has 0 spiro atoms. The number of nitrogens with zero attached hydrogens (tertiary/aromatic N) is 2. The second-order valence-electron chi connectivity index (χ2n) is 6.53. The molecular weight excluding hydrogens is 334 g/mol. The van der Waals surface area contributed by atoms with Gasteiger partial charge in [0.05, 0.1) is 12.4 Å². The number of nitrogens with one attached hydrogen (secondary N) is 1. The Balaban J connectivity index is 1.56. The van der Waals surface area contributed by atoms with Crippen LogP contribution >= 0.6 is 11.3 Å². The number of likely N-dealkylation sites (tertiary alicyclic amines) is 1. The number of hydrogen-bond donors (Lipinski definition) is 2. The van der Waals surface area contributed by atoms with Crippen LogP contribution in [0, 0.1) is 5.92 Å². The molecule has 0 saturated carbocycles. The van der Waals surface area contributed by atoms with E-state index in [4.69, 9.17) is 9.41 Å². The van der Waals surface area contributed by atoms with Crippen LogP contribution in [0.25, 0.3) is 0 Å². The Kier molecular flexibility index (Phi) is 6.53. The van der Waals surface area contributed by atoms with E-state index < -0.39 is 0 Å². The summed E-state index contributed by atoms with van der Waals surface area (Å²) in [5, 5.41) is 15.4. The summed E-state index contributed by atoms with van der Waals surface area (Å²) in [5.74, 6) is 2.26. The minimum Gasteiger partial charge on any atom is -0.469 e. The maximum absolute atomic E-state index is 9.86. The quantitative estimate of drug-likeness (QED) is 0.588. The van der Waals surface area contributed by atoms with Crippen molar-refractivity contribution in [3.05, 3.63) is 46.5 Å². The van der Waals surface area contributed by atoms with Gasteiger partial charge in [0, 0.05) is 49.8 Å². The number of aliphatic imine (C=N–C) groups is 1. The van der Waals surface area contributed by atoms with Gasteiger partial charge in [-0.15, -0.1) is 11.3 Å². The van der Waals surface area contributed by atoms with Crippen molar-refractivity contribution in [2.24, 2.45) is 10.9 Å². The fourth-order valence-corrected chi connectivity index (χ4v) is 3.82. The van der Waals surface area contributed by atoms with E-state index in [9.17, 15) is 5.11 Å². The number of aliphatic hydroxyl groups is 1. The first-order valence-electron chi connectivity index (χ1n) is 8.98. The molecule has 0 bridgehead atoms. The highest BCUT2D eigenvalue weighted by Crippen LogP contribution is 2.19.